The second-order valence-electron chi connectivity index (χ2n) is 4.76. The maximum absolute atomic E-state index is 12.1. The molecule has 0 aliphatic rings. The first kappa shape index (κ1) is 16.4. The van der Waals surface area contributed by atoms with Crippen molar-refractivity contribution < 1.29 is 24.2 Å². The largest absolute Gasteiger partial charge is 0.504 e. The van der Waals surface area contributed by atoms with Crippen molar-refractivity contribution in [3.05, 3.63) is 54.1 Å². The molecule has 2 N–H and O–H groups in total. The predicted molar refractivity (Wildman–Crippen MR) is 84.6 cm³/mol. The molecule has 0 heterocycles. The average molecular weight is 315 g/mol. The van der Waals surface area contributed by atoms with Crippen molar-refractivity contribution in [1.29, 1.82) is 0 Å². The van der Waals surface area contributed by atoms with E-state index in [-0.39, 0.29) is 17.1 Å². The van der Waals surface area contributed by atoms with Crippen LogP contribution in [0.15, 0.2) is 48.5 Å². The van der Waals surface area contributed by atoms with Crippen molar-refractivity contribution in [2.24, 2.45) is 0 Å². The smallest absolute Gasteiger partial charge is 0.342 e. The molecule has 2 rings (SSSR count). The van der Waals surface area contributed by atoms with Crippen LogP contribution >= 0.6 is 0 Å². The van der Waals surface area contributed by atoms with E-state index in [9.17, 15) is 14.7 Å². The number of methoxy groups -OCH3 is 1. The summed E-state index contributed by atoms with van der Waals surface area (Å²) in [6.07, 6.45) is -1.02. The number of hydrogen-bond acceptors (Lipinski definition) is 5. The summed E-state index contributed by atoms with van der Waals surface area (Å²) in [6.45, 7) is 1.45. The quantitative estimate of drug-likeness (QED) is 0.828. The van der Waals surface area contributed by atoms with Crippen molar-refractivity contribution in [2.45, 2.75) is 13.0 Å². The van der Waals surface area contributed by atoms with E-state index in [1.54, 1.807) is 30.3 Å². The number of phenols is 1. The van der Waals surface area contributed by atoms with Gasteiger partial charge in [0.25, 0.3) is 5.91 Å². The third-order valence-corrected chi connectivity index (χ3v) is 3.13. The summed E-state index contributed by atoms with van der Waals surface area (Å²) >= 11 is 0. The van der Waals surface area contributed by atoms with E-state index in [1.165, 1.54) is 26.2 Å². The molecule has 1 unspecified atom stereocenters. The van der Waals surface area contributed by atoms with E-state index in [0.29, 0.717) is 5.69 Å². The highest BCUT2D eigenvalue weighted by molar-refractivity contribution is 5.98. The monoisotopic (exact) mass is 315 g/mol. The summed E-state index contributed by atoms with van der Waals surface area (Å²) in [5.74, 6) is -1.44. The lowest BCUT2D eigenvalue weighted by molar-refractivity contribution is -0.123. The number of rotatable bonds is 5. The Hall–Kier alpha value is -3.02. The van der Waals surface area contributed by atoms with Gasteiger partial charge in [-0.2, -0.15) is 0 Å². The zero-order valence-corrected chi connectivity index (χ0v) is 12.8. The van der Waals surface area contributed by atoms with E-state index in [0.717, 1.165) is 0 Å². The molecule has 0 aromatic heterocycles. The molecule has 2 aromatic rings. The number of carbonyl (C=O) groups is 2. The number of amides is 1. The van der Waals surface area contributed by atoms with Crippen molar-refractivity contribution in [1.82, 2.24) is 0 Å². The number of benzene rings is 2. The summed E-state index contributed by atoms with van der Waals surface area (Å²) in [5, 5.41) is 12.6. The Balaban J connectivity index is 2.03. The number of ether oxygens (including phenoxy) is 2. The minimum atomic E-state index is -1.02. The van der Waals surface area contributed by atoms with Crippen LogP contribution in [-0.4, -0.2) is 30.2 Å². The van der Waals surface area contributed by atoms with Gasteiger partial charge in [-0.05, 0) is 31.2 Å². The number of esters is 1. The molecule has 0 fully saturated rings. The SMILES string of the molecule is COc1cccc(C(=O)OC(C)C(=O)Nc2ccccc2)c1O. The maximum atomic E-state index is 12.1. The second-order valence-corrected chi connectivity index (χ2v) is 4.76. The number of aromatic hydroxyl groups is 1. The van der Waals surface area contributed by atoms with Crippen LogP contribution in [0.25, 0.3) is 0 Å². The number of phenolic OH excluding ortho intramolecular Hbond substituents is 1. The molecule has 0 radical (unpaired) electrons. The van der Waals surface area contributed by atoms with E-state index >= 15 is 0 Å². The highest BCUT2D eigenvalue weighted by Gasteiger charge is 2.22. The minimum absolute atomic E-state index is 0.0660. The number of anilines is 1. The van der Waals surface area contributed by atoms with Crippen molar-refractivity contribution in [2.75, 3.05) is 12.4 Å². The molecule has 6 heteroatoms. The fourth-order valence-electron chi connectivity index (χ4n) is 1.89. The molecule has 120 valence electrons. The molecule has 0 saturated heterocycles. The van der Waals surface area contributed by atoms with Crippen LogP contribution < -0.4 is 10.1 Å². The molecular formula is C17H17NO5. The Bertz CT molecular complexity index is 699. The van der Waals surface area contributed by atoms with Gasteiger partial charge >= 0.3 is 5.97 Å². The number of para-hydroxylation sites is 2. The van der Waals surface area contributed by atoms with Gasteiger partial charge in [0.2, 0.25) is 0 Å². The van der Waals surface area contributed by atoms with Gasteiger partial charge in [-0.1, -0.05) is 24.3 Å². The molecule has 1 amide bonds. The van der Waals surface area contributed by atoms with Crippen LogP contribution in [0.2, 0.25) is 0 Å². The number of carbonyl (C=O) groups excluding carboxylic acids is 2. The third kappa shape index (κ3) is 4.00. The van der Waals surface area contributed by atoms with Gasteiger partial charge in [0.1, 0.15) is 5.56 Å². The van der Waals surface area contributed by atoms with Crippen molar-refractivity contribution in [3.8, 4) is 11.5 Å². The molecule has 1 atom stereocenters. The molecule has 0 aliphatic carbocycles. The lowest BCUT2D eigenvalue weighted by atomic mass is 10.2. The molecule has 0 saturated carbocycles. The average Bonchev–Trinajstić information content (AvgIpc) is 2.55. The standard InChI is InChI=1S/C17H17NO5/c1-11(16(20)18-12-7-4-3-5-8-12)23-17(21)13-9-6-10-14(22-2)15(13)19/h3-11,19H,1-2H3,(H,18,20). The molecular weight excluding hydrogens is 298 g/mol. The molecule has 23 heavy (non-hydrogen) atoms. The summed E-state index contributed by atoms with van der Waals surface area (Å²) in [4.78, 5) is 24.1. The predicted octanol–water partition coefficient (Wildman–Crippen LogP) is 2.58. The van der Waals surface area contributed by atoms with Crippen LogP contribution in [0.1, 0.15) is 17.3 Å². The molecule has 0 spiro atoms. The summed E-state index contributed by atoms with van der Waals surface area (Å²) < 4.78 is 10.0. The van der Waals surface area contributed by atoms with Crippen LogP contribution in [-0.2, 0) is 9.53 Å². The molecule has 0 bridgehead atoms. The Kier molecular flexibility index (Phi) is 5.19. The van der Waals surface area contributed by atoms with Crippen molar-refractivity contribution >= 4 is 17.6 Å². The van der Waals surface area contributed by atoms with Gasteiger partial charge in [-0.15, -0.1) is 0 Å². The Labute approximate surface area is 133 Å². The zero-order valence-electron chi connectivity index (χ0n) is 12.8. The van der Waals surface area contributed by atoms with Gasteiger partial charge in [0, 0.05) is 5.69 Å². The third-order valence-electron chi connectivity index (χ3n) is 3.13. The lowest BCUT2D eigenvalue weighted by Gasteiger charge is -2.14. The highest BCUT2D eigenvalue weighted by atomic mass is 16.5. The van der Waals surface area contributed by atoms with Gasteiger partial charge in [-0.3, -0.25) is 4.79 Å². The Morgan fingerprint density at radius 2 is 1.78 bits per heavy atom. The molecule has 6 nitrogen and oxygen atoms in total. The van der Waals surface area contributed by atoms with Gasteiger partial charge < -0.3 is 19.9 Å². The summed E-state index contributed by atoms with van der Waals surface area (Å²) in [6, 6.07) is 13.3. The number of hydrogen-bond donors (Lipinski definition) is 2. The second kappa shape index (κ2) is 7.31. The van der Waals surface area contributed by atoms with E-state index in [4.69, 9.17) is 9.47 Å². The fourth-order valence-corrected chi connectivity index (χ4v) is 1.89. The van der Waals surface area contributed by atoms with Gasteiger partial charge in [0.05, 0.1) is 7.11 Å². The first-order valence-corrected chi connectivity index (χ1v) is 6.95. The Morgan fingerprint density at radius 3 is 2.43 bits per heavy atom. The minimum Gasteiger partial charge on any atom is -0.504 e. The van der Waals surface area contributed by atoms with Crippen LogP contribution in [0.3, 0.4) is 0 Å². The topological polar surface area (TPSA) is 84.9 Å². The van der Waals surface area contributed by atoms with Gasteiger partial charge in [-0.25, -0.2) is 4.79 Å². The zero-order chi connectivity index (χ0) is 16.8. The van der Waals surface area contributed by atoms with E-state index in [2.05, 4.69) is 5.32 Å². The first-order valence-electron chi connectivity index (χ1n) is 6.95. The first-order chi connectivity index (χ1) is 11.0. The van der Waals surface area contributed by atoms with Crippen molar-refractivity contribution in [3.63, 3.8) is 0 Å². The lowest BCUT2D eigenvalue weighted by Crippen LogP contribution is -2.30. The Morgan fingerprint density at radius 1 is 1.09 bits per heavy atom. The van der Waals surface area contributed by atoms with Crippen LogP contribution in [0, 0.1) is 0 Å². The highest BCUT2D eigenvalue weighted by Crippen LogP contribution is 2.30. The van der Waals surface area contributed by atoms with Crippen LogP contribution in [0.4, 0.5) is 5.69 Å². The van der Waals surface area contributed by atoms with Gasteiger partial charge in [0.15, 0.2) is 17.6 Å². The van der Waals surface area contributed by atoms with E-state index < -0.39 is 18.0 Å². The normalized spacial score (nSPS) is 11.4. The molecule has 0 aliphatic heterocycles. The van der Waals surface area contributed by atoms with E-state index in [1.807, 2.05) is 6.07 Å². The number of nitrogens with one attached hydrogen (secondary N) is 1. The van der Waals surface area contributed by atoms with Crippen LogP contribution in [0.5, 0.6) is 11.5 Å². The maximum Gasteiger partial charge on any atom is 0.342 e. The summed E-state index contributed by atoms with van der Waals surface area (Å²) in [5.41, 5.74) is 0.535. The molecule has 2 aromatic carbocycles. The fraction of sp³-hybridized carbons (Fsp3) is 0.176. The summed E-state index contributed by atoms with van der Waals surface area (Å²) in [7, 11) is 1.38.